The van der Waals surface area contributed by atoms with Gasteiger partial charge >= 0.3 is 0 Å². The predicted molar refractivity (Wildman–Crippen MR) is 78.2 cm³/mol. The highest BCUT2D eigenvalue weighted by Gasteiger charge is 2.22. The summed E-state index contributed by atoms with van der Waals surface area (Å²) in [6, 6.07) is 2.15. The zero-order valence-corrected chi connectivity index (χ0v) is 12.4. The number of rotatable bonds is 3. The highest BCUT2D eigenvalue weighted by Crippen LogP contribution is 2.19. The SMILES string of the molecule is CC1CN(Cc2cc(C#CCCO)cs2)CC(C)O1. The molecule has 1 aliphatic heterocycles. The average molecular weight is 279 g/mol. The Bertz CT molecular complexity index is 450. The van der Waals surface area contributed by atoms with E-state index in [9.17, 15) is 0 Å². The van der Waals surface area contributed by atoms with Crippen molar-refractivity contribution in [2.45, 2.75) is 39.0 Å². The standard InChI is InChI=1S/C15H21NO2S/c1-12-8-16(9-13(2)18-12)10-15-7-14(11-19-15)5-3-4-6-17/h7,11-13,17H,4,6,8-10H2,1-2H3. The van der Waals surface area contributed by atoms with Crippen molar-refractivity contribution < 1.29 is 9.84 Å². The molecular weight excluding hydrogens is 258 g/mol. The Hall–Kier alpha value is -0.860. The van der Waals surface area contributed by atoms with Gasteiger partial charge in [-0.25, -0.2) is 0 Å². The molecule has 0 radical (unpaired) electrons. The second kappa shape index (κ2) is 7.06. The van der Waals surface area contributed by atoms with Crippen LogP contribution in [-0.4, -0.2) is 41.9 Å². The fourth-order valence-corrected chi connectivity index (χ4v) is 3.24. The van der Waals surface area contributed by atoms with Gasteiger partial charge in [0.25, 0.3) is 0 Å². The van der Waals surface area contributed by atoms with Crippen LogP contribution >= 0.6 is 11.3 Å². The highest BCUT2D eigenvalue weighted by molar-refractivity contribution is 7.10. The van der Waals surface area contributed by atoms with Crippen LogP contribution in [0, 0.1) is 11.8 Å². The van der Waals surface area contributed by atoms with Gasteiger partial charge in [0.05, 0.1) is 18.8 Å². The summed E-state index contributed by atoms with van der Waals surface area (Å²) in [6.45, 7) is 7.35. The van der Waals surface area contributed by atoms with E-state index >= 15 is 0 Å². The summed E-state index contributed by atoms with van der Waals surface area (Å²) >= 11 is 1.76. The van der Waals surface area contributed by atoms with Crippen LogP contribution in [0.1, 0.15) is 30.7 Å². The lowest BCUT2D eigenvalue weighted by Gasteiger charge is -2.34. The summed E-state index contributed by atoms with van der Waals surface area (Å²) in [4.78, 5) is 3.78. The molecule has 3 nitrogen and oxygen atoms in total. The topological polar surface area (TPSA) is 32.7 Å². The third kappa shape index (κ3) is 4.63. The number of ether oxygens (including phenoxy) is 1. The molecule has 104 valence electrons. The van der Waals surface area contributed by atoms with Crippen molar-refractivity contribution in [2.75, 3.05) is 19.7 Å². The number of hydrogen-bond donors (Lipinski definition) is 1. The molecule has 0 spiro atoms. The monoisotopic (exact) mass is 279 g/mol. The first-order valence-corrected chi connectivity index (χ1v) is 7.60. The minimum Gasteiger partial charge on any atom is -0.395 e. The van der Waals surface area contributed by atoms with Gasteiger partial charge in [0.1, 0.15) is 0 Å². The Morgan fingerprint density at radius 2 is 2.16 bits per heavy atom. The van der Waals surface area contributed by atoms with Crippen LogP contribution in [0.5, 0.6) is 0 Å². The normalized spacial score (nSPS) is 23.9. The smallest absolute Gasteiger partial charge is 0.0678 e. The molecule has 2 heterocycles. The quantitative estimate of drug-likeness (QED) is 0.860. The van der Waals surface area contributed by atoms with Crippen molar-refractivity contribution >= 4 is 11.3 Å². The summed E-state index contributed by atoms with van der Waals surface area (Å²) in [5, 5.41) is 10.8. The molecule has 2 rings (SSSR count). The van der Waals surface area contributed by atoms with Crippen molar-refractivity contribution in [3.05, 3.63) is 21.9 Å². The van der Waals surface area contributed by atoms with E-state index in [0.29, 0.717) is 18.6 Å². The summed E-state index contributed by atoms with van der Waals surface area (Å²) in [7, 11) is 0. The molecule has 1 saturated heterocycles. The van der Waals surface area contributed by atoms with Gasteiger partial charge in [-0.05, 0) is 19.9 Å². The molecule has 4 heteroatoms. The summed E-state index contributed by atoms with van der Waals surface area (Å²) in [5.41, 5.74) is 1.06. The molecule has 1 fully saturated rings. The van der Waals surface area contributed by atoms with Crippen molar-refractivity contribution in [3.63, 3.8) is 0 Å². The molecule has 19 heavy (non-hydrogen) atoms. The lowest BCUT2D eigenvalue weighted by molar-refractivity contribution is -0.0702. The summed E-state index contributed by atoms with van der Waals surface area (Å²) < 4.78 is 5.74. The molecular formula is C15H21NO2S. The zero-order chi connectivity index (χ0) is 13.7. The number of morpholine rings is 1. The average Bonchev–Trinajstić information content (AvgIpc) is 2.76. The molecule has 1 aromatic heterocycles. The van der Waals surface area contributed by atoms with Gasteiger partial charge in [-0.3, -0.25) is 4.90 Å². The van der Waals surface area contributed by atoms with Crippen LogP contribution in [0.3, 0.4) is 0 Å². The first-order valence-electron chi connectivity index (χ1n) is 6.72. The maximum atomic E-state index is 8.70. The van der Waals surface area contributed by atoms with E-state index in [4.69, 9.17) is 9.84 Å². The maximum Gasteiger partial charge on any atom is 0.0678 e. The minimum absolute atomic E-state index is 0.132. The Labute approximate surface area is 119 Å². The maximum absolute atomic E-state index is 8.70. The minimum atomic E-state index is 0.132. The fraction of sp³-hybridized carbons (Fsp3) is 0.600. The van der Waals surface area contributed by atoms with Crippen molar-refractivity contribution in [1.29, 1.82) is 0 Å². The second-order valence-corrected chi connectivity index (χ2v) is 6.02. The zero-order valence-electron chi connectivity index (χ0n) is 11.6. The number of aliphatic hydroxyl groups excluding tert-OH is 1. The number of hydrogen-bond acceptors (Lipinski definition) is 4. The van der Waals surface area contributed by atoms with Crippen molar-refractivity contribution in [1.82, 2.24) is 4.90 Å². The summed E-state index contributed by atoms with van der Waals surface area (Å²) in [5.74, 6) is 6.03. The molecule has 1 N–H and O–H groups in total. The fourth-order valence-electron chi connectivity index (χ4n) is 2.38. The molecule has 0 amide bonds. The van der Waals surface area contributed by atoms with E-state index in [1.807, 2.05) is 0 Å². The number of thiophene rings is 1. The van der Waals surface area contributed by atoms with Gasteiger partial charge < -0.3 is 9.84 Å². The van der Waals surface area contributed by atoms with E-state index in [0.717, 1.165) is 25.2 Å². The van der Waals surface area contributed by atoms with E-state index in [1.54, 1.807) is 11.3 Å². The Balaban J connectivity index is 1.91. The second-order valence-electron chi connectivity index (χ2n) is 5.03. The lowest BCUT2D eigenvalue weighted by Crippen LogP contribution is -2.44. The van der Waals surface area contributed by atoms with E-state index < -0.39 is 0 Å². The van der Waals surface area contributed by atoms with Gasteiger partial charge in [0.15, 0.2) is 0 Å². The predicted octanol–water partition coefficient (Wildman–Crippen LogP) is 2.09. The van der Waals surface area contributed by atoms with Crippen LogP contribution in [0.2, 0.25) is 0 Å². The van der Waals surface area contributed by atoms with Crippen LogP contribution in [0.15, 0.2) is 11.4 Å². The molecule has 0 aliphatic carbocycles. The highest BCUT2D eigenvalue weighted by atomic mass is 32.1. The molecule has 2 atom stereocenters. The first-order chi connectivity index (χ1) is 9.17. The van der Waals surface area contributed by atoms with Crippen LogP contribution in [-0.2, 0) is 11.3 Å². The van der Waals surface area contributed by atoms with E-state index in [1.165, 1.54) is 4.88 Å². The molecule has 0 bridgehead atoms. The van der Waals surface area contributed by atoms with Crippen LogP contribution in [0.4, 0.5) is 0 Å². The van der Waals surface area contributed by atoms with Gasteiger partial charge in [0.2, 0.25) is 0 Å². The largest absolute Gasteiger partial charge is 0.395 e. The number of nitrogens with zero attached hydrogens (tertiary/aromatic N) is 1. The number of aliphatic hydroxyl groups is 1. The molecule has 2 unspecified atom stereocenters. The Kier molecular flexibility index (Phi) is 5.41. The Morgan fingerprint density at radius 1 is 1.42 bits per heavy atom. The van der Waals surface area contributed by atoms with Crippen LogP contribution in [0.25, 0.3) is 0 Å². The lowest BCUT2D eigenvalue weighted by atomic mass is 10.2. The molecule has 0 saturated carbocycles. The first kappa shape index (κ1) is 14.5. The summed E-state index contributed by atoms with van der Waals surface area (Å²) in [6.07, 6.45) is 1.17. The third-order valence-corrected chi connectivity index (χ3v) is 3.92. The van der Waals surface area contributed by atoms with E-state index in [2.05, 4.69) is 42.0 Å². The molecule has 1 aromatic rings. The van der Waals surface area contributed by atoms with Gasteiger partial charge in [-0.1, -0.05) is 11.8 Å². The van der Waals surface area contributed by atoms with Crippen molar-refractivity contribution in [2.24, 2.45) is 0 Å². The molecule has 0 aromatic carbocycles. The van der Waals surface area contributed by atoms with E-state index in [-0.39, 0.29) is 6.61 Å². The van der Waals surface area contributed by atoms with Gasteiger partial charge in [0, 0.05) is 41.9 Å². The molecule has 1 aliphatic rings. The Morgan fingerprint density at radius 3 is 2.84 bits per heavy atom. The van der Waals surface area contributed by atoms with Crippen LogP contribution < -0.4 is 0 Å². The van der Waals surface area contributed by atoms with Crippen molar-refractivity contribution in [3.8, 4) is 11.8 Å². The third-order valence-electron chi connectivity index (χ3n) is 3.00. The van der Waals surface area contributed by atoms with Gasteiger partial charge in [-0.2, -0.15) is 0 Å². The van der Waals surface area contributed by atoms with Gasteiger partial charge in [-0.15, -0.1) is 11.3 Å².